The maximum atomic E-state index is 11.7. The second-order valence-electron chi connectivity index (χ2n) is 5.35. The van der Waals surface area contributed by atoms with Crippen LogP contribution in [0.5, 0.6) is 0 Å². The molecule has 0 spiro atoms. The number of hydrogen-bond acceptors (Lipinski definition) is 5. The summed E-state index contributed by atoms with van der Waals surface area (Å²) in [6, 6.07) is 8.08. The number of nitrogens with zero attached hydrogens (tertiary/aromatic N) is 3. The van der Waals surface area contributed by atoms with Gasteiger partial charge in [-0.25, -0.2) is 9.97 Å². The SMILES string of the molecule is Cc1nc2ccccc2n1CCCOC(=O)CCc1cscn1. The van der Waals surface area contributed by atoms with Crippen molar-refractivity contribution in [2.45, 2.75) is 32.7 Å². The molecule has 0 unspecified atom stereocenters. The predicted molar refractivity (Wildman–Crippen MR) is 90.5 cm³/mol. The largest absolute Gasteiger partial charge is 0.466 e. The van der Waals surface area contributed by atoms with Crippen molar-refractivity contribution in [3.63, 3.8) is 0 Å². The summed E-state index contributed by atoms with van der Waals surface area (Å²) in [6.45, 7) is 3.23. The van der Waals surface area contributed by atoms with E-state index < -0.39 is 0 Å². The molecule has 0 saturated heterocycles. The molecule has 0 amide bonds. The summed E-state index contributed by atoms with van der Waals surface area (Å²) >= 11 is 1.54. The minimum absolute atomic E-state index is 0.162. The van der Waals surface area contributed by atoms with Gasteiger partial charge in [-0.1, -0.05) is 12.1 Å². The fourth-order valence-electron chi connectivity index (χ4n) is 2.55. The van der Waals surface area contributed by atoms with E-state index in [2.05, 4.69) is 20.6 Å². The number of aromatic nitrogens is 3. The van der Waals surface area contributed by atoms with Crippen molar-refractivity contribution in [3.8, 4) is 0 Å². The molecular formula is C17H19N3O2S. The first-order valence-corrected chi connectivity index (χ1v) is 8.63. The molecule has 0 atom stereocenters. The van der Waals surface area contributed by atoms with E-state index in [1.165, 1.54) is 0 Å². The van der Waals surface area contributed by atoms with Crippen LogP contribution in [0.1, 0.15) is 24.4 Å². The van der Waals surface area contributed by atoms with Crippen molar-refractivity contribution in [2.24, 2.45) is 0 Å². The Morgan fingerprint density at radius 3 is 3.04 bits per heavy atom. The van der Waals surface area contributed by atoms with Crippen LogP contribution < -0.4 is 0 Å². The highest BCUT2D eigenvalue weighted by atomic mass is 32.1. The molecule has 2 aromatic heterocycles. The van der Waals surface area contributed by atoms with E-state index in [0.717, 1.165) is 35.5 Å². The van der Waals surface area contributed by atoms with Gasteiger partial charge in [-0.2, -0.15) is 0 Å². The Hall–Kier alpha value is -2.21. The van der Waals surface area contributed by atoms with Crippen LogP contribution in [0.4, 0.5) is 0 Å². The average Bonchev–Trinajstić information content (AvgIpc) is 3.17. The van der Waals surface area contributed by atoms with Gasteiger partial charge in [-0.05, 0) is 25.5 Å². The highest BCUT2D eigenvalue weighted by molar-refractivity contribution is 7.07. The Labute approximate surface area is 138 Å². The molecule has 2 heterocycles. The van der Waals surface area contributed by atoms with Crippen LogP contribution in [0.2, 0.25) is 0 Å². The lowest BCUT2D eigenvalue weighted by molar-refractivity contribution is -0.143. The standard InChI is InChI=1S/C17H19N3O2S/c1-13-19-15-5-2-3-6-16(15)20(13)9-4-10-22-17(21)8-7-14-11-23-12-18-14/h2-3,5-6,11-12H,4,7-10H2,1H3. The topological polar surface area (TPSA) is 57.0 Å². The Bertz CT molecular complexity index is 780. The molecule has 0 bridgehead atoms. The highest BCUT2D eigenvalue weighted by Crippen LogP contribution is 2.15. The second-order valence-corrected chi connectivity index (χ2v) is 6.07. The number of esters is 1. The molecule has 0 aliphatic rings. The molecule has 0 fully saturated rings. The maximum absolute atomic E-state index is 11.7. The molecule has 0 N–H and O–H groups in total. The van der Waals surface area contributed by atoms with Gasteiger partial charge in [0.15, 0.2) is 0 Å². The van der Waals surface area contributed by atoms with Crippen molar-refractivity contribution in [3.05, 3.63) is 46.7 Å². The van der Waals surface area contributed by atoms with Crippen molar-refractivity contribution in [1.82, 2.24) is 14.5 Å². The van der Waals surface area contributed by atoms with Gasteiger partial charge in [-0.3, -0.25) is 4.79 Å². The molecule has 0 aliphatic heterocycles. The number of hydrogen-bond donors (Lipinski definition) is 0. The van der Waals surface area contributed by atoms with Gasteiger partial charge in [0.05, 0.1) is 35.3 Å². The van der Waals surface area contributed by atoms with E-state index in [0.29, 0.717) is 19.4 Å². The first-order valence-electron chi connectivity index (χ1n) is 7.68. The Kier molecular flexibility index (Phi) is 5.02. The predicted octanol–water partition coefficient (Wildman–Crippen LogP) is 3.37. The average molecular weight is 329 g/mol. The Balaban J connectivity index is 1.44. The maximum Gasteiger partial charge on any atom is 0.306 e. The Morgan fingerprint density at radius 1 is 1.35 bits per heavy atom. The minimum atomic E-state index is -0.162. The third kappa shape index (κ3) is 3.96. The van der Waals surface area contributed by atoms with Crippen molar-refractivity contribution < 1.29 is 9.53 Å². The van der Waals surface area contributed by atoms with Gasteiger partial charge < -0.3 is 9.30 Å². The van der Waals surface area contributed by atoms with Gasteiger partial charge in [0.1, 0.15) is 5.82 Å². The normalized spacial score (nSPS) is 11.0. The summed E-state index contributed by atoms with van der Waals surface area (Å²) in [5, 5.41) is 1.96. The number of imidazole rings is 1. The van der Waals surface area contributed by atoms with Crippen LogP contribution in [-0.2, 0) is 22.5 Å². The number of thiazole rings is 1. The number of rotatable bonds is 7. The summed E-state index contributed by atoms with van der Waals surface area (Å²) in [6.07, 6.45) is 1.81. The lowest BCUT2D eigenvalue weighted by Gasteiger charge is -2.08. The van der Waals surface area contributed by atoms with Crippen molar-refractivity contribution in [2.75, 3.05) is 6.61 Å². The highest BCUT2D eigenvalue weighted by Gasteiger charge is 2.08. The van der Waals surface area contributed by atoms with E-state index in [1.807, 2.05) is 30.5 Å². The van der Waals surface area contributed by atoms with Gasteiger partial charge in [0.2, 0.25) is 0 Å². The van der Waals surface area contributed by atoms with Crippen LogP contribution in [0, 0.1) is 6.92 Å². The van der Waals surface area contributed by atoms with E-state index in [9.17, 15) is 4.79 Å². The van der Waals surface area contributed by atoms with Gasteiger partial charge in [-0.15, -0.1) is 11.3 Å². The van der Waals surface area contributed by atoms with E-state index in [-0.39, 0.29) is 5.97 Å². The summed E-state index contributed by atoms with van der Waals surface area (Å²) in [5.74, 6) is 0.825. The molecule has 23 heavy (non-hydrogen) atoms. The molecule has 6 heteroatoms. The zero-order chi connectivity index (χ0) is 16.1. The number of fused-ring (bicyclic) bond motifs is 1. The smallest absolute Gasteiger partial charge is 0.306 e. The number of carbonyl (C=O) groups is 1. The molecule has 0 radical (unpaired) electrons. The zero-order valence-corrected chi connectivity index (χ0v) is 13.9. The van der Waals surface area contributed by atoms with Gasteiger partial charge in [0.25, 0.3) is 0 Å². The zero-order valence-electron chi connectivity index (χ0n) is 13.1. The van der Waals surface area contributed by atoms with Crippen LogP contribution in [-0.4, -0.2) is 27.1 Å². The van der Waals surface area contributed by atoms with Gasteiger partial charge >= 0.3 is 5.97 Å². The molecule has 5 nitrogen and oxygen atoms in total. The van der Waals surface area contributed by atoms with E-state index in [1.54, 1.807) is 16.8 Å². The number of carbonyl (C=O) groups excluding carboxylic acids is 1. The lowest BCUT2D eigenvalue weighted by Crippen LogP contribution is -2.10. The molecule has 120 valence electrons. The first kappa shape index (κ1) is 15.7. The minimum Gasteiger partial charge on any atom is -0.466 e. The fraction of sp³-hybridized carbons (Fsp3) is 0.353. The van der Waals surface area contributed by atoms with E-state index in [4.69, 9.17) is 4.74 Å². The molecule has 3 aromatic rings. The van der Waals surface area contributed by atoms with Gasteiger partial charge in [0, 0.05) is 18.3 Å². The van der Waals surface area contributed by atoms with Crippen LogP contribution in [0.15, 0.2) is 35.2 Å². The molecule has 0 saturated carbocycles. The third-order valence-electron chi connectivity index (χ3n) is 3.70. The number of benzene rings is 1. The quantitative estimate of drug-likeness (QED) is 0.492. The lowest BCUT2D eigenvalue weighted by atomic mass is 10.2. The fourth-order valence-corrected chi connectivity index (χ4v) is 3.14. The van der Waals surface area contributed by atoms with Crippen molar-refractivity contribution >= 4 is 28.3 Å². The van der Waals surface area contributed by atoms with Crippen LogP contribution >= 0.6 is 11.3 Å². The number of para-hydroxylation sites is 2. The summed E-state index contributed by atoms with van der Waals surface area (Å²) in [5.41, 5.74) is 4.86. The molecule has 3 rings (SSSR count). The number of aryl methyl sites for hydroxylation is 3. The molecule has 0 aliphatic carbocycles. The summed E-state index contributed by atoms with van der Waals surface area (Å²) in [4.78, 5) is 20.4. The van der Waals surface area contributed by atoms with Crippen LogP contribution in [0.25, 0.3) is 11.0 Å². The van der Waals surface area contributed by atoms with E-state index >= 15 is 0 Å². The van der Waals surface area contributed by atoms with Crippen molar-refractivity contribution in [1.29, 1.82) is 0 Å². The summed E-state index contributed by atoms with van der Waals surface area (Å²) in [7, 11) is 0. The number of ether oxygens (including phenoxy) is 1. The Morgan fingerprint density at radius 2 is 2.22 bits per heavy atom. The monoisotopic (exact) mass is 329 g/mol. The third-order valence-corrected chi connectivity index (χ3v) is 4.34. The van der Waals surface area contributed by atoms with Crippen LogP contribution in [0.3, 0.4) is 0 Å². The first-order chi connectivity index (χ1) is 11.2. The summed E-state index contributed by atoms with van der Waals surface area (Å²) < 4.78 is 7.46. The second kappa shape index (κ2) is 7.37. The molecule has 1 aromatic carbocycles. The molecular weight excluding hydrogens is 310 g/mol.